The van der Waals surface area contributed by atoms with Crippen molar-refractivity contribution in [3.63, 3.8) is 0 Å². The van der Waals surface area contributed by atoms with E-state index in [0.717, 1.165) is 0 Å². The van der Waals surface area contributed by atoms with Gasteiger partial charge in [-0.1, -0.05) is 5.92 Å². The van der Waals surface area contributed by atoms with Crippen molar-refractivity contribution in [2.75, 3.05) is 0 Å². The van der Waals surface area contributed by atoms with Crippen molar-refractivity contribution in [2.45, 2.75) is 13.0 Å². The van der Waals surface area contributed by atoms with Gasteiger partial charge in [-0.25, -0.2) is 0 Å². The van der Waals surface area contributed by atoms with Crippen molar-refractivity contribution in [3.8, 4) is 12.3 Å². The SMILES string of the molecule is C#CC(C)NC(=O)c1ccnn1C. The first kappa shape index (κ1) is 9.33. The Morgan fingerprint density at radius 2 is 2.54 bits per heavy atom. The van der Waals surface area contributed by atoms with Crippen molar-refractivity contribution in [3.05, 3.63) is 18.0 Å². The van der Waals surface area contributed by atoms with Gasteiger partial charge in [-0.3, -0.25) is 9.48 Å². The third-order valence-corrected chi connectivity index (χ3v) is 1.65. The topological polar surface area (TPSA) is 46.9 Å². The fourth-order valence-corrected chi connectivity index (χ4v) is 0.909. The molecule has 0 aromatic carbocycles. The Labute approximate surface area is 76.9 Å². The van der Waals surface area contributed by atoms with Gasteiger partial charge >= 0.3 is 0 Å². The molecule has 0 aliphatic heterocycles. The van der Waals surface area contributed by atoms with Gasteiger partial charge in [-0.05, 0) is 13.0 Å². The van der Waals surface area contributed by atoms with Crippen LogP contribution in [0.5, 0.6) is 0 Å². The lowest BCUT2D eigenvalue weighted by molar-refractivity contribution is 0.0938. The van der Waals surface area contributed by atoms with Crippen LogP contribution in [0.1, 0.15) is 17.4 Å². The average Bonchev–Trinajstić information content (AvgIpc) is 2.51. The van der Waals surface area contributed by atoms with Crippen LogP contribution in [0.3, 0.4) is 0 Å². The maximum Gasteiger partial charge on any atom is 0.270 e. The molecule has 0 aliphatic carbocycles. The van der Waals surface area contributed by atoms with Crippen LogP contribution in [-0.2, 0) is 7.05 Å². The first-order valence-electron chi connectivity index (χ1n) is 3.90. The molecule has 0 saturated heterocycles. The highest BCUT2D eigenvalue weighted by Gasteiger charge is 2.10. The summed E-state index contributed by atoms with van der Waals surface area (Å²) in [6, 6.07) is 1.38. The van der Waals surface area contributed by atoms with Crippen LogP contribution >= 0.6 is 0 Å². The number of hydrogen-bond donors (Lipinski definition) is 1. The average molecular weight is 177 g/mol. The molecule has 4 heteroatoms. The zero-order valence-electron chi connectivity index (χ0n) is 7.61. The number of carbonyl (C=O) groups is 1. The number of nitrogens with one attached hydrogen (secondary N) is 1. The molecular formula is C9H11N3O. The van der Waals surface area contributed by atoms with Crippen LogP contribution in [-0.4, -0.2) is 21.7 Å². The van der Waals surface area contributed by atoms with Crippen molar-refractivity contribution in [1.29, 1.82) is 0 Å². The zero-order chi connectivity index (χ0) is 9.84. The number of carbonyl (C=O) groups excluding carboxylic acids is 1. The summed E-state index contributed by atoms with van der Waals surface area (Å²) in [6.45, 7) is 1.74. The summed E-state index contributed by atoms with van der Waals surface area (Å²) < 4.78 is 1.50. The summed E-state index contributed by atoms with van der Waals surface area (Å²) in [7, 11) is 1.70. The van der Waals surface area contributed by atoms with Crippen LogP contribution in [0.15, 0.2) is 12.3 Å². The van der Waals surface area contributed by atoms with Crippen LogP contribution in [0.2, 0.25) is 0 Å². The third kappa shape index (κ3) is 2.09. The molecule has 13 heavy (non-hydrogen) atoms. The Morgan fingerprint density at radius 3 is 3.00 bits per heavy atom. The Bertz CT molecular complexity index is 348. The highest BCUT2D eigenvalue weighted by atomic mass is 16.2. The van der Waals surface area contributed by atoms with Crippen molar-refractivity contribution < 1.29 is 4.79 Å². The van der Waals surface area contributed by atoms with E-state index in [0.29, 0.717) is 5.69 Å². The number of rotatable bonds is 2. The Balaban J connectivity index is 2.71. The molecule has 0 spiro atoms. The number of hydrogen-bond acceptors (Lipinski definition) is 2. The molecule has 1 heterocycles. The highest BCUT2D eigenvalue weighted by molar-refractivity contribution is 5.92. The highest BCUT2D eigenvalue weighted by Crippen LogP contribution is 1.96. The zero-order valence-corrected chi connectivity index (χ0v) is 7.61. The van der Waals surface area contributed by atoms with E-state index < -0.39 is 0 Å². The number of terminal acetylenes is 1. The molecule has 1 rings (SSSR count). The molecule has 0 bridgehead atoms. The van der Waals surface area contributed by atoms with E-state index in [2.05, 4.69) is 16.3 Å². The van der Waals surface area contributed by atoms with Gasteiger partial charge in [0, 0.05) is 13.2 Å². The van der Waals surface area contributed by atoms with E-state index in [1.54, 1.807) is 26.2 Å². The molecular weight excluding hydrogens is 166 g/mol. The molecule has 1 N–H and O–H groups in total. The smallest absolute Gasteiger partial charge is 0.270 e. The molecule has 0 fully saturated rings. The summed E-state index contributed by atoms with van der Waals surface area (Å²) >= 11 is 0. The van der Waals surface area contributed by atoms with E-state index in [4.69, 9.17) is 6.42 Å². The van der Waals surface area contributed by atoms with E-state index in [1.165, 1.54) is 4.68 Å². The summed E-state index contributed by atoms with van der Waals surface area (Å²) in [5.41, 5.74) is 0.502. The van der Waals surface area contributed by atoms with Gasteiger partial charge in [0.15, 0.2) is 0 Å². The maximum absolute atomic E-state index is 11.4. The molecule has 1 aromatic heterocycles. The summed E-state index contributed by atoms with van der Waals surface area (Å²) in [4.78, 5) is 11.4. The number of aromatic nitrogens is 2. The van der Waals surface area contributed by atoms with Gasteiger partial charge in [-0.2, -0.15) is 5.10 Å². The van der Waals surface area contributed by atoms with Crippen molar-refractivity contribution in [2.24, 2.45) is 7.05 Å². The van der Waals surface area contributed by atoms with Gasteiger partial charge in [-0.15, -0.1) is 6.42 Å². The van der Waals surface area contributed by atoms with Gasteiger partial charge in [0.2, 0.25) is 0 Å². The van der Waals surface area contributed by atoms with E-state index in [9.17, 15) is 4.79 Å². The monoisotopic (exact) mass is 177 g/mol. The second-order valence-corrected chi connectivity index (χ2v) is 2.70. The number of aryl methyl sites for hydroxylation is 1. The van der Waals surface area contributed by atoms with Gasteiger partial charge in [0.25, 0.3) is 5.91 Å². The van der Waals surface area contributed by atoms with Crippen LogP contribution in [0.4, 0.5) is 0 Å². The lowest BCUT2D eigenvalue weighted by atomic mass is 10.3. The quantitative estimate of drug-likeness (QED) is 0.655. The van der Waals surface area contributed by atoms with Crippen LogP contribution in [0, 0.1) is 12.3 Å². The minimum absolute atomic E-state index is 0.203. The fourth-order valence-electron chi connectivity index (χ4n) is 0.909. The van der Waals surface area contributed by atoms with Gasteiger partial charge in [0.05, 0.1) is 6.04 Å². The first-order chi connectivity index (χ1) is 6.15. The predicted molar refractivity (Wildman–Crippen MR) is 49.0 cm³/mol. The molecule has 1 aromatic rings. The van der Waals surface area contributed by atoms with Crippen molar-refractivity contribution in [1.82, 2.24) is 15.1 Å². The Morgan fingerprint density at radius 1 is 1.85 bits per heavy atom. The molecule has 0 saturated carbocycles. The predicted octanol–water partition coefficient (Wildman–Crippen LogP) is 0.172. The minimum Gasteiger partial charge on any atom is -0.337 e. The van der Waals surface area contributed by atoms with E-state index >= 15 is 0 Å². The molecule has 4 nitrogen and oxygen atoms in total. The summed E-state index contributed by atoms with van der Waals surface area (Å²) in [6.07, 6.45) is 6.69. The van der Waals surface area contributed by atoms with E-state index in [1.807, 2.05) is 0 Å². The second-order valence-electron chi connectivity index (χ2n) is 2.70. The maximum atomic E-state index is 11.4. The third-order valence-electron chi connectivity index (χ3n) is 1.65. The van der Waals surface area contributed by atoms with Crippen LogP contribution < -0.4 is 5.32 Å². The van der Waals surface area contributed by atoms with Gasteiger partial charge in [0.1, 0.15) is 5.69 Å². The first-order valence-corrected chi connectivity index (χ1v) is 3.90. The molecule has 1 atom stereocenters. The normalized spacial score (nSPS) is 11.8. The summed E-state index contributed by atoms with van der Waals surface area (Å²) in [5.74, 6) is 2.21. The minimum atomic E-state index is -0.262. The molecule has 0 radical (unpaired) electrons. The van der Waals surface area contributed by atoms with E-state index in [-0.39, 0.29) is 11.9 Å². The number of nitrogens with zero attached hydrogens (tertiary/aromatic N) is 2. The lowest BCUT2D eigenvalue weighted by Gasteiger charge is -2.06. The molecule has 0 aliphatic rings. The second kappa shape index (κ2) is 3.76. The lowest BCUT2D eigenvalue weighted by Crippen LogP contribution is -2.32. The Kier molecular flexibility index (Phi) is 2.70. The standard InChI is InChI=1S/C9H11N3O/c1-4-7(2)11-9(13)8-5-6-10-12(8)3/h1,5-7H,2-3H3,(H,11,13). The van der Waals surface area contributed by atoms with Crippen LogP contribution in [0.25, 0.3) is 0 Å². The molecule has 1 amide bonds. The fraction of sp³-hybridized carbons (Fsp3) is 0.333. The number of amides is 1. The van der Waals surface area contributed by atoms with Gasteiger partial charge < -0.3 is 5.32 Å². The Hall–Kier alpha value is -1.76. The summed E-state index contributed by atoms with van der Waals surface area (Å²) in [5, 5.41) is 6.51. The largest absolute Gasteiger partial charge is 0.337 e. The molecule has 1 unspecified atom stereocenters. The molecule has 68 valence electrons. The van der Waals surface area contributed by atoms with Crippen molar-refractivity contribution >= 4 is 5.91 Å².